The second-order valence-electron chi connectivity index (χ2n) is 6.31. The van der Waals surface area contributed by atoms with Gasteiger partial charge in [-0.05, 0) is 30.3 Å². The summed E-state index contributed by atoms with van der Waals surface area (Å²) >= 11 is 3.32. The normalized spacial score (nSPS) is 16.4. The van der Waals surface area contributed by atoms with Crippen LogP contribution in [0.1, 0.15) is 20.7 Å². The quantitative estimate of drug-likeness (QED) is 0.698. The Balaban J connectivity index is 1.75. The number of nitrogens with one attached hydrogen (secondary N) is 1. The van der Waals surface area contributed by atoms with Gasteiger partial charge >= 0.3 is 5.97 Å². The van der Waals surface area contributed by atoms with Crippen LogP contribution < -0.4 is 10.2 Å². The minimum atomic E-state index is -1.13. The van der Waals surface area contributed by atoms with E-state index in [0.29, 0.717) is 43.4 Å². The Morgan fingerprint density at radius 2 is 2.07 bits per heavy atom. The van der Waals surface area contributed by atoms with Crippen molar-refractivity contribution in [3.05, 3.63) is 52.1 Å². The number of carbonyl (C=O) groups excluding carboxylic acids is 1. The van der Waals surface area contributed by atoms with Gasteiger partial charge in [-0.3, -0.25) is 4.79 Å². The summed E-state index contributed by atoms with van der Waals surface area (Å²) in [5, 5.41) is 12.3. The van der Waals surface area contributed by atoms with Crippen LogP contribution in [0.25, 0.3) is 0 Å². The number of benzene rings is 1. The molecule has 1 aliphatic rings. The molecule has 8 nitrogen and oxygen atoms in total. The van der Waals surface area contributed by atoms with Crippen molar-refractivity contribution in [2.24, 2.45) is 0 Å². The lowest BCUT2D eigenvalue weighted by molar-refractivity contribution is -0.0837. The number of hydrogen-bond donors (Lipinski definition) is 2. The molecule has 1 amide bonds. The van der Waals surface area contributed by atoms with Gasteiger partial charge in [-0.1, -0.05) is 15.9 Å². The minimum Gasteiger partial charge on any atom is -0.478 e. The minimum absolute atomic E-state index is 0.00664. The van der Waals surface area contributed by atoms with Crippen molar-refractivity contribution >= 4 is 39.3 Å². The molecular weight excluding hydrogens is 430 g/mol. The van der Waals surface area contributed by atoms with Crippen LogP contribution in [0.15, 0.2) is 41.0 Å². The van der Waals surface area contributed by atoms with Crippen LogP contribution in [0.4, 0.5) is 11.5 Å². The summed E-state index contributed by atoms with van der Waals surface area (Å²) in [6.07, 6.45) is 1.28. The third-order valence-electron chi connectivity index (χ3n) is 4.19. The maximum absolute atomic E-state index is 12.3. The van der Waals surface area contributed by atoms with Crippen LogP contribution in [-0.4, -0.2) is 61.5 Å². The molecule has 1 aromatic carbocycles. The zero-order valence-electron chi connectivity index (χ0n) is 15.2. The molecule has 0 bridgehead atoms. The van der Waals surface area contributed by atoms with Crippen LogP contribution in [0, 0.1) is 0 Å². The van der Waals surface area contributed by atoms with Gasteiger partial charge in [0, 0.05) is 23.6 Å². The largest absolute Gasteiger partial charge is 0.478 e. The van der Waals surface area contributed by atoms with E-state index in [1.165, 1.54) is 12.3 Å². The highest BCUT2D eigenvalue weighted by Gasteiger charge is 2.22. The molecule has 1 fully saturated rings. The van der Waals surface area contributed by atoms with Crippen molar-refractivity contribution in [3.63, 3.8) is 0 Å². The molecule has 1 aliphatic heterocycles. The predicted molar refractivity (Wildman–Crippen MR) is 107 cm³/mol. The van der Waals surface area contributed by atoms with Gasteiger partial charge in [0.05, 0.1) is 37.8 Å². The Bertz CT molecular complexity index is 853. The van der Waals surface area contributed by atoms with Crippen LogP contribution in [0.3, 0.4) is 0 Å². The molecule has 2 heterocycles. The molecule has 0 aliphatic carbocycles. The Labute approximate surface area is 170 Å². The highest BCUT2D eigenvalue weighted by molar-refractivity contribution is 9.10. The summed E-state index contributed by atoms with van der Waals surface area (Å²) in [6, 6.07) is 8.24. The van der Waals surface area contributed by atoms with E-state index in [4.69, 9.17) is 9.47 Å². The first-order chi connectivity index (χ1) is 13.4. The van der Waals surface area contributed by atoms with Gasteiger partial charge in [-0.2, -0.15) is 0 Å². The molecule has 1 atom stereocenters. The lowest BCUT2D eigenvalue weighted by Gasteiger charge is -2.28. The number of hydrogen-bond acceptors (Lipinski definition) is 6. The first kappa shape index (κ1) is 20.2. The molecular formula is C19H20BrN3O5. The number of aromatic carboxylic acids is 1. The molecule has 28 heavy (non-hydrogen) atoms. The highest BCUT2D eigenvalue weighted by atomic mass is 79.9. The molecule has 9 heteroatoms. The number of carboxylic acids is 1. The van der Waals surface area contributed by atoms with Gasteiger partial charge in [-0.15, -0.1) is 0 Å². The predicted octanol–water partition coefficient (Wildman–Crippen LogP) is 2.65. The van der Waals surface area contributed by atoms with E-state index in [0.717, 1.165) is 4.47 Å². The molecule has 3 rings (SSSR count). The topological polar surface area (TPSA) is 101 Å². The van der Waals surface area contributed by atoms with Crippen molar-refractivity contribution in [3.8, 4) is 0 Å². The summed E-state index contributed by atoms with van der Waals surface area (Å²) in [5.74, 6) is -1.18. The van der Waals surface area contributed by atoms with Gasteiger partial charge in [0.2, 0.25) is 0 Å². The van der Waals surface area contributed by atoms with Crippen molar-refractivity contribution in [1.29, 1.82) is 0 Å². The van der Waals surface area contributed by atoms with Crippen molar-refractivity contribution in [2.75, 3.05) is 43.6 Å². The van der Waals surface area contributed by atoms with E-state index in [-0.39, 0.29) is 17.6 Å². The molecule has 1 aromatic heterocycles. The van der Waals surface area contributed by atoms with Crippen molar-refractivity contribution in [1.82, 2.24) is 4.98 Å². The molecule has 0 spiro atoms. The molecule has 2 N–H and O–H groups in total. The SMILES string of the molecule is CN(C[C@@H]1COCCO1)c1ncc(NC(=O)c2ccc(Br)cc2)cc1C(=O)O. The summed E-state index contributed by atoms with van der Waals surface area (Å²) in [5.41, 5.74) is 0.753. The Kier molecular flexibility index (Phi) is 6.61. The van der Waals surface area contributed by atoms with Crippen LogP contribution in [0.5, 0.6) is 0 Å². The molecule has 0 unspecified atom stereocenters. The number of rotatable bonds is 6. The summed E-state index contributed by atoms with van der Waals surface area (Å²) in [6.45, 7) is 1.97. The van der Waals surface area contributed by atoms with Gasteiger partial charge in [-0.25, -0.2) is 9.78 Å². The number of ether oxygens (including phenoxy) is 2. The number of amides is 1. The zero-order chi connectivity index (χ0) is 20.1. The number of carboxylic acid groups (broad SMARTS) is 1. The Morgan fingerprint density at radius 1 is 1.32 bits per heavy atom. The fourth-order valence-corrected chi connectivity index (χ4v) is 3.09. The summed E-state index contributed by atoms with van der Waals surface area (Å²) < 4.78 is 11.8. The standard InChI is InChI=1S/C19H20BrN3O5/c1-23(10-15-11-27-6-7-28-15)17-16(19(25)26)8-14(9-21-17)22-18(24)12-2-4-13(20)5-3-12/h2-5,8-9,15H,6-7,10-11H2,1H3,(H,22,24)(H,25,26)/t15-/m1/s1. The average molecular weight is 450 g/mol. The smallest absolute Gasteiger partial charge is 0.339 e. The maximum atomic E-state index is 12.3. The number of pyridine rings is 1. The second kappa shape index (κ2) is 9.13. The van der Waals surface area contributed by atoms with Gasteiger partial charge < -0.3 is 24.8 Å². The van der Waals surface area contributed by atoms with Crippen LogP contribution >= 0.6 is 15.9 Å². The van der Waals surface area contributed by atoms with E-state index in [9.17, 15) is 14.7 Å². The van der Waals surface area contributed by atoms with Gasteiger partial charge in [0.15, 0.2) is 0 Å². The molecule has 2 aromatic rings. The van der Waals surface area contributed by atoms with E-state index in [1.54, 1.807) is 36.2 Å². The van der Waals surface area contributed by atoms with E-state index < -0.39 is 5.97 Å². The molecule has 0 radical (unpaired) electrons. The number of carbonyl (C=O) groups is 2. The lowest BCUT2D eigenvalue weighted by atomic mass is 10.2. The molecule has 0 saturated carbocycles. The monoisotopic (exact) mass is 449 g/mol. The van der Waals surface area contributed by atoms with E-state index in [1.807, 2.05) is 0 Å². The van der Waals surface area contributed by atoms with Crippen LogP contribution in [-0.2, 0) is 9.47 Å². The molecule has 148 valence electrons. The fraction of sp³-hybridized carbons (Fsp3) is 0.316. The van der Waals surface area contributed by atoms with E-state index in [2.05, 4.69) is 26.2 Å². The number of nitrogens with zero attached hydrogens (tertiary/aromatic N) is 2. The number of anilines is 2. The van der Waals surface area contributed by atoms with Crippen molar-refractivity contribution < 1.29 is 24.2 Å². The number of likely N-dealkylation sites (N-methyl/N-ethyl adjacent to an activating group) is 1. The lowest BCUT2D eigenvalue weighted by Crippen LogP contribution is -2.39. The third kappa shape index (κ3) is 5.06. The Morgan fingerprint density at radius 3 is 2.71 bits per heavy atom. The molecule has 1 saturated heterocycles. The number of halogens is 1. The zero-order valence-corrected chi connectivity index (χ0v) is 16.8. The summed E-state index contributed by atoms with van der Waals surface area (Å²) in [4.78, 5) is 30.0. The summed E-state index contributed by atoms with van der Waals surface area (Å²) in [7, 11) is 1.74. The van der Waals surface area contributed by atoms with Gasteiger partial charge in [0.25, 0.3) is 5.91 Å². The third-order valence-corrected chi connectivity index (χ3v) is 4.71. The van der Waals surface area contributed by atoms with Crippen LogP contribution in [0.2, 0.25) is 0 Å². The first-order valence-electron chi connectivity index (χ1n) is 8.65. The average Bonchev–Trinajstić information content (AvgIpc) is 2.69. The van der Waals surface area contributed by atoms with Gasteiger partial charge in [0.1, 0.15) is 11.4 Å². The first-order valence-corrected chi connectivity index (χ1v) is 9.44. The fourth-order valence-electron chi connectivity index (χ4n) is 2.83. The Hall–Kier alpha value is -2.49. The second-order valence-corrected chi connectivity index (χ2v) is 7.23. The maximum Gasteiger partial charge on any atom is 0.339 e. The van der Waals surface area contributed by atoms with E-state index >= 15 is 0 Å². The highest BCUT2D eigenvalue weighted by Crippen LogP contribution is 2.22. The number of aromatic nitrogens is 1. The van der Waals surface area contributed by atoms with Crippen molar-refractivity contribution in [2.45, 2.75) is 6.10 Å².